The van der Waals surface area contributed by atoms with E-state index in [0.717, 1.165) is 0 Å². The van der Waals surface area contributed by atoms with Crippen molar-refractivity contribution >= 4 is 23.2 Å². The van der Waals surface area contributed by atoms with E-state index in [1.54, 1.807) is 43.4 Å². The number of nitrogens with zero attached hydrogens (tertiary/aromatic N) is 1. The topological polar surface area (TPSA) is 49.8 Å². The van der Waals surface area contributed by atoms with E-state index in [0.29, 0.717) is 22.0 Å². The molecule has 20 heavy (non-hydrogen) atoms. The molecule has 2 aromatic carbocycles. The molecule has 0 unspecified atom stereocenters. The Kier molecular flexibility index (Phi) is 4.15. The Bertz CT molecular complexity index is 643. The lowest BCUT2D eigenvalue weighted by Gasteiger charge is -2.19. The molecule has 0 aliphatic rings. The maximum absolute atomic E-state index is 12.5. The number of aromatic hydroxyl groups is 1. The number of phenols is 1. The molecular formula is C15H14ClNO3. The van der Waals surface area contributed by atoms with Gasteiger partial charge in [0.2, 0.25) is 0 Å². The summed E-state index contributed by atoms with van der Waals surface area (Å²) in [6, 6.07) is 11.3. The molecule has 0 spiro atoms. The van der Waals surface area contributed by atoms with Gasteiger partial charge in [0, 0.05) is 23.8 Å². The Hall–Kier alpha value is -2.20. The normalized spacial score (nSPS) is 10.2. The molecule has 2 aromatic rings. The van der Waals surface area contributed by atoms with Crippen LogP contribution >= 0.6 is 11.6 Å². The van der Waals surface area contributed by atoms with Crippen molar-refractivity contribution in [2.45, 2.75) is 0 Å². The third kappa shape index (κ3) is 2.86. The van der Waals surface area contributed by atoms with Crippen molar-refractivity contribution in [3.05, 3.63) is 53.1 Å². The molecule has 0 radical (unpaired) electrons. The highest BCUT2D eigenvalue weighted by Gasteiger charge is 2.18. The van der Waals surface area contributed by atoms with Crippen molar-refractivity contribution in [1.29, 1.82) is 0 Å². The minimum absolute atomic E-state index is 0.102. The quantitative estimate of drug-likeness (QED) is 0.943. The molecule has 1 amide bonds. The van der Waals surface area contributed by atoms with Gasteiger partial charge in [-0.1, -0.05) is 17.7 Å². The number of phenolic OH excluding ortho intramolecular Hbond substituents is 1. The molecule has 0 bridgehead atoms. The van der Waals surface area contributed by atoms with E-state index in [4.69, 9.17) is 16.3 Å². The lowest BCUT2D eigenvalue weighted by molar-refractivity contribution is 0.0990. The number of hydrogen-bond acceptors (Lipinski definition) is 3. The van der Waals surface area contributed by atoms with E-state index in [1.807, 2.05) is 0 Å². The second-order valence-electron chi connectivity index (χ2n) is 4.23. The summed E-state index contributed by atoms with van der Waals surface area (Å²) in [5, 5.41) is 9.97. The van der Waals surface area contributed by atoms with Gasteiger partial charge < -0.3 is 14.7 Å². The van der Waals surface area contributed by atoms with Crippen LogP contribution in [0.4, 0.5) is 5.69 Å². The predicted molar refractivity (Wildman–Crippen MR) is 78.8 cm³/mol. The third-order valence-electron chi connectivity index (χ3n) is 2.92. The fraction of sp³-hybridized carbons (Fsp3) is 0.133. The van der Waals surface area contributed by atoms with Crippen LogP contribution in [0.25, 0.3) is 0 Å². The molecule has 0 heterocycles. The minimum Gasteiger partial charge on any atom is -0.508 e. The lowest BCUT2D eigenvalue weighted by Crippen LogP contribution is -2.26. The van der Waals surface area contributed by atoms with E-state index in [2.05, 4.69) is 0 Å². The van der Waals surface area contributed by atoms with Gasteiger partial charge in [-0.15, -0.1) is 0 Å². The first-order valence-electron chi connectivity index (χ1n) is 5.93. The number of anilines is 1. The summed E-state index contributed by atoms with van der Waals surface area (Å²) in [6.07, 6.45) is 0. The minimum atomic E-state index is -0.246. The van der Waals surface area contributed by atoms with E-state index in [-0.39, 0.29) is 11.7 Å². The molecule has 2 rings (SSSR count). The molecule has 0 aliphatic carbocycles. The maximum atomic E-state index is 12.5. The van der Waals surface area contributed by atoms with Gasteiger partial charge in [-0.25, -0.2) is 0 Å². The number of benzene rings is 2. The Morgan fingerprint density at radius 3 is 2.65 bits per heavy atom. The Morgan fingerprint density at radius 1 is 1.25 bits per heavy atom. The first-order valence-corrected chi connectivity index (χ1v) is 6.31. The highest BCUT2D eigenvalue weighted by Crippen LogP contribution is 2.26. The van der Waals surface area contributed by atoms with Gasteiger partial charge >= 0.3 is 0 Å². The fourth-order valence-electron chi connectivity index (χ4n) is 1.84. The summed E-state index contributed by atoms with van der Waals surface area (Å²) in [5.41, 5.74) is 0.995. The van der Waals surface area contributed by atoms with E-state index in [9.17, 15) is 9.90 Å². The van der Waals surface area contributed by atoms with E-state index < -0.39 is 0 Å². The number of halogens is 1. The van der Waals surface area contributed by atoms with Crippen molar-refractivity contribution < 1.29 is 14.6 Å². The molecule has 0 aliphatic heterocycles. The highest BCUT2D eigenvalue weighted by molar-refractivity contribution is 6.31. The second-order valence-corrected chi connectivity index (χ2v) is 4.67. The molecule has 0 fully saturated rings. The largest absolute Gasteiger partial charge is 0.508 e. The van der Waals surface area contributed by atoms with Gasteiger partial charge in [0.15, 0.2) is 0 Å². The Balaban J connectivity index is 2.36. The van der Waals surface area contributed by atoms with Crippen LogP contribution in [-0.2, 0) is 0 Å². The number of rotatable bonds is 3. The number of amides is 1. The van der Waals surface area contributed by atoms with Crippen LogP contribution in [0.5, 0.6) is 11.5 Å². The van der Waals surface area contributed by atoms with E-state index >= 15 is 0 Å². The third-order valence-corrected chi connectivity index (χ3v) is 3.15. The maximum Gasteiger partial charge on any atom is 0.261 e. The van der Waals surface area contributed by atoms with Gasteiger partial charge in [0.05, 0.1) is 12.7 Å². The summed E-state index contributed by atoms with van der Waals surface area (Å²) < 4.78 is 5.18. The van der Waals surface area contributed by atoms with Crippen molar-refractivity contribution in [2.75, 3.05) is 19.1 Å². The molecule has 4 nitrogen and oxygen atoms in total. The van der Waals surface area contributed by atoms with Gasteiger partial charge in [-0.3, -0.25) is 4.79 Å². The van der Waals surface area contributed by atoms with Crippen molar-refractivity contribution in [2.24, 2.45) is 0 Å². The summed E-state index contributed by atoms with van der Waals surface area (Å²) in [7, 11) is 3.11. The van der Waals surface area contributed by atoms with Gasteiger partial charge in [-0.2, -0.15) is 0 Å². The number of hydrogen-bond donors (Lipinski definition) is 1. The van der Waals surface area contributed by atoms with Gasteiger partial charge in [-0.05, 0) is 30.3 Å². The summed E-state index contributed by atoms with van der Waals surface area (Å²) in [6.45, 7) is 0. The fourth-order valence-corrected chi connectivity index (χ4v) is 2.00. The zero-order valence-electron chi connectivity index (χ0n) is 11.1. The zero-order valence-corrected chi connectivity index (χ0v) is 11.9. The molecule has 104 valence electrons. The Morgan fingerprint density at radius 2 is 2.00 bits per heavy atom. The van der Waals surface area contributed by atoms with Crippen LogP contribution in [-0.4, -0.2) is 25.2 Å². The number of methoxy groups -OCH3 is 1. The first kappa shape index (κ1) is 14.2. The molecule has 0 saturated heterocycles. The summed E-state index contributed by atoms with van der Waals surface area (Å²) in [4.78, 5) is 13.9. The van der Waals surface area contributed by atoms with Crippen LogP contribution in [0, 0.1) is 0 Å². The number of carbonyl (C=O) groups is 1. The molecule has 5 heteroatoms. The first-order chi connectivity index (χ1) is 9.52. The zero-order chi connectivity index (χ0) is 14.7. The van der Waals surface area contributed by atoms with Crippen LogP contribution in [0.2, 0.25) is 5.02 Å². The van der Waals surface area contributed by atoms with Crippen LogP contribution in [0.3, 0.4) is 0 Å². The van der Waals surface area contributed by atoms with E-state index in [1.165, 1.54) is 18.1 Å². The molecule has 0 atom stereocenters. The summed E-state index contributed by atoms with van der Waals surface area (Å²) in [5.74, 6) is 0.267. The van der Waals surface area contributed by atoms with Crippen LogP contribution in [0.1, 0.15) is 10.4 Å². The summed E-state index contributed by atoms with van der Waals surface area (Å²) >= 11 is 5.88. The molecule has 0 aromatic heterocycles. The second kappa shape index (κ2) is 5.84. The van der Waals surface area contributed by atoms with Crippen molar-refractivity contribution in [1.82, 2.24) is 0 Å². The lowest BCUT2D eigenvalue weighted by atomic mass is 10.1. The van der Waals surface area contributed by atoms with Crippen molar-refractivity contribution in [3.8, 4) is 11.5 Å². The predicted octanol–water partition coefficient (Wildman–Crippen LogP) is 3.33. The number of ether oxygens (including phenoxy) is 1. The van der Waals surface area contributed by atoms with Gasteiger partial charge in [0.25, 0.3) is 5.91 Å². The molecule has 0 saturated carbocycles. The monoisotopic (exact) mass is 291 g/mol. The standard InChI is InChI=1S/C15H14ClNO3/c1-17(11-4-3-5-12(18)9-11)15(19)13-7-6-10(16)8-14(13)20-2/h3-9,18H,1-2H3. The van der Waals surface area contributed by atoms with Crippen molar-refractivity contribution in [3.63, 3.8) is 0 Å². The SMILES string of the molecule is COc1cc(Cl)ccc1C(=O)N(C)c1cccc(O)c1. The van der Waals surface area contributed by atoms with Crippen LogP contribution < -0.4 is 9.64 Å². The van der Waals surface area contributed by atoms with Gasteiger partial charge in [0.1, 0.15) is 11.5 Å². The molecule has 1 N–H and O–H groups in total. The van der Waals surface area contributed by atoms with Crippen LogP contribution in [0.15, 0.2) is 42.5 Å². The number of carbonyl (C=O) groups excluding carboxylic acids is 1. The Labute approximate surface area is 122 Å². The molecular weight excluding hydrogens is 278 g/mol. The average molecular weight is 292 g/mol. The average Bonchev–Trinajstić information content (AvgIpc) is 2.45. The smallest absolute Gasteiger partial charge is 0.261 e. The highest BCUT2D eigenvalue weighted by atomic mass is 35.5.